The molecule has 0 aromatic carbocycles. The lowest BCUT2D eigenvalue weighted by molar-refractivity contribution is -0.128. The lowest BCUT2D eigenvalue weighted by Gasteiger charge is -2.18. The first-order valence-corrected chi connectivity index (χ1v) is 5.99. The van der Waals surface area contributed by atoms with Crippen molar-refractivity contribution >= 4 is 35.8 Å². The topological polar surface area (TPSA) is 61.9 Å². The average molecular weight is 352 g/mol. The molecule has 98 valence electrons. The Morgan fingerprint density at radius 3 is 2.53 bits per heavy atom. The third-order valence-electron chi connectivity index (χ3n) is 3.29. The highest BCUT2D eigenvalue weighted by Gasteiger charge is 2.27. The molecule has 1 saturated carbocycles. The van der Waals surface area contributed by atoms with E-state index in [1.165, 1.54) is 12.8 Å². The van der Waals surface area contributed by atoms with Crippen LogP contribution in [0.1, 0.15) is 25.7 Å². The zero-order valence-electron chi connectivity index (χ0n) is 10.3. The SMILES string of the molecule is CN(C(N)=NCC(=O)N1CCCC1)C1CC1.I. The highest BCUT2D eigenvalue weighted by molar-refractivity contribution is 14.0. The Labute approximate surface area is 119 Å². The van der Waals surface area contributed by atoms with E-state index >= 15 is 0 Å². The van der Waals surface area contributed by atoms with Crippen molar-refractivity contribution in [2.24, 2.45) is 10.7 Å². The molecule has 0 aromatic rings. The summed E-state index contributed by atoms with van der Waals surface area (Å²) in [5.41, 5.74) is 5.81. The first kappa shape index (κ1) is 14.5. The van der Waals surface area contributed by atoms with Crippen LogP contribution in [0.15, 0.2) is 4.99 Å². The second-order valence-electron chi connectivity index (χ2n) is 4.60. The molecule has 1 aliphatic heterocycles. The molecule has 1 saturated heterocycles. The molecule has 1 heterocycles. The molecular formula is C11H21IN4O. The first-order valence-electron chi connectivity index (χ1n) is 5.99. The van der Waals surface area contributed by atoms with Gasteiger partial charge in [-0.3, -0.25) is 4.79 Å². The van der Waals surface area contributed by atoms with Gasteiger partial charge < -0.3 is 15.5 Å². The molecule has 1 aliphatic carbocycles. The van der Waals surface area contributed by atoms with Crippen LogP contribution in [0, 0.1) is 0 Å². The van der Waals surface area contributed by atoms with Gasteiger partial charge in [0.2, 0.25) is 5.91 Å². The number of amides is 1. The number of carbonyl (C=O) groups is 1. The van der Waals surface area contributed by atoms with Crippen LogP contribution in [0.5, 0.6) is 0 Å². The van der Waals surface area contributed by atoms with Crippen LogP contribution in [0.25, 0.3) is 0 Å². The summed E-state index contributed by atoms with van der Waals surface area (Å²) in [6.45, 7) is 1.96. The van der Waals surface area contributed by atoms with Gasteiger partial charge in [-0.2, -0.15) is 0 Å². The maximum atomic E-state index is 11.7. The van der Waals surface area contributed by atoms with Gasteiger partial charge in [0.25, 0.3) is 0 Å². The van der Waals surface area contributed by atoms with Gasteiger partial charge >= 0.3 is 0 Å². The van der Waals surface area contributed by atoms with Crippen LogP contribution in [0.3, 0.4) is 0 Å². The predicted octanol–water partition coefficient (Wildman–Crippen LogP) is 0.636. The minimum Gasteiger partial charge on any atom is -0.370 e. The van der Waals surface area contributed by atoms with Crippen molar-refractivity contribution in [3.8, 4) is 0 Å². The molecule has 6 heteroatoms. The largest absolute Gasteiger partial charge is 0.370 e. The van der Waals surface area contributed by atoms with Gasteiger partial charge in [0, 0.05) is 26.2 Å². The van der Waals surface area contributed by atoms with Gasteiger partial charge in [-0.1, -0.05) is 0 Å². The molecule has 0 radical (unpaired) electrons. The van der Waals surface area contributed by atoms with E-state index in [0.717, 1.165) is 25.9 Å². The summed E-state index contributed by atoms with van der Waals surface area (Å²) < 4.78 is 0. The third-order valence-corrected chi connectivity index (χ3v) is 3.29. The van der Waals surface area contributed by atoms with E-state index in [-0.39, 0.29) is 36.4 Å². The van der Waals surface area contributed by atoms with Crippen molar-refractivity contribution in [2.75, 3.05) is 26.7 Å². The third kappa shape index (κ3) is 4.01. The fourth-order valence-corrected chi connectivity index (χ4v) is 1.98. The number of halogens is 1. The van der Waals surface area contributed by atoms with Crippen LogP contribution < -0.4 is 5.73 Å². The van der Waals surface area contributed by atoms with Crippen LogP contribution in [-0.4, -0.2) is 54.4 Å². The molecule has 0 spiro atoms. The average Bonchev–Trinajstić information content (AvgIpc) is 2.99. The molecule has 1 amide bonds. The number of likely N-dealkylation sites (tertiary alicyclic amines) is 1. The number of aliphatic imine (C=N–C) groups is 1. The maximum Gasteiger partial charge on any atom is 0.244 e. The molecule has 2 fully saturated rings. The number of hydrogen-bond acceptors (Lipinski definition) is 2. The van der Waals surface area contributed by atoms with E-state index in [0.29, 0.717) is 12.0 Å². The van der Waals surface area contributed by atoms with E-state index in [2.05, 4.69) is 4.99 Å². The van der Waals surface area contributed by atoms with Crippen molar-refractivity contribution in [1.82, 2.24) is 9.80 Å². The Balaban J connectivity index is 0.00000144. The summed E-state index contributed by atoms with van der Waals surface area (Å²) in [6, 6.07) is 0.547. The first-order chi connectivity index (χ1) is 7.68. The fourth-order valence-electron chi connectivity index (χ4n) is 1.98. The zero-order chi connectivity index (χ0) is 11.5. The number of hydrogen-bond donors (Lipinski definition) is 1. The lowest BCUT2D eigenvalue weighted by Crippen LogP contribution is -2.37. The van der Waals surface area contributed by atoms with Gasteiger partial charge in [0.15, 0.2) is 5.96 Å². The van der Waals surface area contributed by atoms with Gasteiger partial charge in [-0.15, -0.1) is 24.0 Å². The van der Waals surface area contributed by atoms with Crippen molar-refractivity contribution in [1.29, 1.82) is 0 Å². The highest BCUT2D eigenvalue weighted by Crippen LogP contribution is 2.24. The Bertz CT molecular complexity index is 298. The highest BCUT2D eigenvalue weighted by atomic mass is 127. The molecule has 2 rings (SSSR count). The molecule has 2 N–H and O–H groups in total. The van der Waals surface area contributed by atoms with Crippen molar-refractivity contribution in [3.05, 3.63) is 0 Å². The molecule has 17 heavy (non-hydrogen) atoms. The summed E-state index contributed by atoms with van der Waals surface area (Å²) >= 11 is 0. The molecule has 0 bridgehead atoms. The number of rotatable bonds is 3. The molecule has 2 aliphatic rings. The summed E-state index contributed by atoms with van der Waals surface area (Å²) in [6.07, 6.45) is 4.61. The second kappa shape index (κ2) is 6.42. The van der Waals surface area contributed by atoms with Gasteiger partial charge in [-0.05, 0) is 25.7 Å². The van der Waals surface area contributed by atoms with Gasteiger partial charge in [0.1, 0.15) is 6.54 Å². The van der Waals surface area contributed by atoms with Crippen LogP contribution in [0.2, 0.25) is 0 Å². The summed E-state index contributed by atoms with van der Waals surface area (Å²) in [7, 11) is 1.94. The van der Waals surface area contributed by atoms with E-state index < -0.39 is 0 Å². The molecule has 5 nitrogen and oxygen atoms in total. The Morgan fingerprint density at radius 1 is 1.41 bits per heavy atom. The quantitative estimate of drug-likeness (QED) is 0.461. The second-order valence-corrected chi connectivity index (χ2v) is 4.60. The minimum atomic E-state index is 0. The standard InChI is InChI=1S/C11H20N4O.HI/c1-14(9-4-5-9)11(12)13-8-10(16)15-6-2-3-7-15;/h9H,2-8H2,1H3,(H2,12,13);1H. The van der Waals surface area contributed by atoms with E-state index in [9.17, 15) is 4.79 Å². The number of nitrogens with two attached hydrogens (primary N) is 1. The molecule has 0 unspecified atom stereocenters. The molecular weight excluding hydrogens is 331 g/mol. The van der Waals surface area contributed by atoms with Crippen LogP contribution in [0.4, 0.5) is 0 Å². The molecule has 0 atom stereocenters. The Kier molecular flexibility index (Phi) is 5.48. The minimum absolute atomic E-state index is 0. The summed E-state index contributed by atoms with van der Waals surface area (Å²) in [5, 5.41) is 0. The summed E-state index contributed by atoms with van der Waals surface area (Å²) in [5.74, 6) is 0.597. The number of guanidine groups is 1. The molecule has 0 aromatic heterocycles. The van der Waals surface area contributed by atoms with Crippen molar-refractivity contribution in [3.63, 3.8) is 0 Å². The smallest absolute Gasteiger partial charge is 0.244 e. The normalized spacial score (nSPS) is 20.1. The summed E-state index contributed by atoms with van der Waals surface area (Å²) in [4.78, 5) is 19.7. The van der Waals surface area contributed by atoms with Crippen molar-refractivity contribution in [2.45, 2.75) is 31.7 Å². The van der Waals surface area contributed by atoms with E-state index in [1.807, 2.05) is 16.8 Å². The Hall–Kier alpha value is -0.530. The number of carbonyl (C=O) groups excluding carboxylic acids is 1. The zero-order valence-corrected chi connectivity index (χ0v) is 12.6. The predicted molar refractivity (Wildman–Crippen MR) is 78.5 cm³/mol. The van der Waals surface area contributed by atoms with E-state index in [4.69, 9.17) is 5.73 Å². The van der Waals surface area contributed by atoms with Gasteiger partial charge in [0.05, 0.1) is 0 Å². The van der Waals surface area contributed by atoms with Gasteiger partial charge in [-0.25, -0.2) is 4.99 Å². The van der Waals surface area contributed by atoms with Crippen LogP contribution in [-0.2, 0) is 4.79 Å². The monoisotopic (exact) mass is 352 g/mol. The number of nitrogens with zero attached hydrogens (tertiary/aromatic N) is 3. The lowest BCUT2D eigenvalue weighted by atomic mass is 10.4. The Morgan fingerprint density at radius 2 is 2.00 bits per heavy atom. The van der Waals surface area contributed by atoms with E-state index in [1.54, 1.807) is 0 Å². The maximum absolute atomic E-state index is 11.7. The fraction of sp³-hybridized carbons (Fsp3) is 0.818. The van der Waals surface area contributed by atoms with Crippen molar-refractivity contribution < 1.29 is 4.79 Å². The van der Waals surface area contributed by atoms with Crippen LogP contribution >= 0.6 is 24.0 Å².